The van der Waals surface area contributed by atoms with Crippen molar-refractivity contribution in [3.63, 3.8) is 0 Å². The molecule has 5 N–H and O–H groups in total. The van der Waals surface area contributed by atoms with Gasteiger partial charge in [-0.3, -0.25) is 9.89 Å². The van der Waals surface area contributed by atoms with E-state index < -0.39 is 6.04 Å². The number of fused-ring (bicyclic) bond motifs is 1. The van der Waals surface area contributed by atoms with Crippen molar-refractivity contribution >= 4 is 16.9 Å². The van der Waals surface area contributed by atoms with Crippen molar-refractivity contribution in [2.24, 2.45) is 5.73 Å². The monoisotopic (exact) mass is 312 g/mol. The smallest absolute Gasteiger partial charge is 0.241 e. The summed E-state index contributed by atoms with van der Waals surface area (Å²) in [7, 11) is 0. The Balaban J connectivity index is 1.70. The summed E-state index contributed by atoms with van der Waals surface area (Å²) in [5.74, 6) is 0.646. The summed E-state index contributed by atoms with van der Waals surface area (Å²) in [6.45, 7) is 6.02. The van der Waals surface area contributed by atoms with E-state index in [9.17, 15) is 4.79 Å². The van der Waals surface area contributed by atoms with Gasteiger partial charge in [-0.25, -0.2) is 4.98 Å². The Morgan fingerprint density at radius 3 is 2.83 bits per heavy atom. The molecule has 0 aliphatic carbocycles. The molecule has 0 aliphatic rings. The van der Waals surface area contributed by atoms with Crippen LogP contribution in [0.3, 0.4) is 0 Å². The van der Waals surface area contributed by atoms with Gasteiger partial charge in [0.25, 0.3) is 0 Å². The Hall–Kier alpha value is -2.67. The Labute approximate surface area is 133 Å². The van der Waals surface area contributed by atoms with E-state index in [4.69, 9.17) is 5.73 Å². The van der Waals surface area contributed by atoms with E-state index in [0.29, 0.717) is 6.54 Å². The van der Waals surface area contributed by atoms with Crippen molar-refractivity contribution in [1.82, 2.24) is 25.5 Å². The Kier molecular flexibility index (Phi) is 3.87. The summed E-state index contributed by atoms with van der Waals surface area (Å²) in [5.41, 5.74) is 11.2. The zero-order valence-electron chi connectivity index (χ0n) is 13.4. The molecule has 23 heavy (non-hydrogen) atoms. The summed E-state index contributed by atoms with van der Waals surface area (Å²) in [4.78, 5) is 19.8. The first-order chi connectivity index (χ1) is 11.0. The van der Waals surface area contributed by atoms with Crippen LogP contribution in [0.25, 0.3) is 11.0 Å². The molecule has 0 spiro atoms. The number of nitrogens with two attached hydrogens (primary N) is 1. The number of nitrogens with zero attached hydrogens (tertiary/aromatic N) is 2. The van der Waals surface area contributed by atoms with Crippen molar-refractivity contribution in [3.8, 4) is 0 Å². The molecule has 7 nitrogen and oxygen atoms in total. The average Bonchev–Trinajstić information content (AvgIpc) is 3.05. The SMILES string of the molecule is Cc1nc2ccc(CNC(=O)[C@@H](N)c3c(C)n[nH]c3C)cc2[nH]1. The Morgan fingerprint density at radius 1 is 1.35 bits per heavy atom. The maximum Gasteiger partial charge on any atom is 0.241 e. The van der Waals surface area contributed by atoms with E-state index in [-0.39, 0.29) is 5.91 Å². The molecular formula is C16H20N6O. The van der Waals surface area contributed by atoms with Crippen LogP contribution >= 0.6 is 0 Å². The lowest BCUT2D eigenvalue weighted by Gasteiger charge is -2.13. The van der Waals surface area contributed by atoms with Gasteiger partial charge in [0.2, 0.25) is 5.91 Å². The van der Waals surface area contributed by atoms with Crippen LogP contribution in [0.15, 0.2) is 18.2 Å². The van der Waals surface area contributed by atoms with Crippen LogP contribution in [0.1, 0.15) is 34.4 Å². The van der Waals surface area contributed by atoms with Crippen molar-refractivity contribution in [2.75, 3.05) is 0 Å². The number of carbonyl (C=O) groups excluding carboxylic acids is 1. The predicted molar refractivity (Wildman–Crippen MR) is 87.7 cm³/mol. The maximum absolute atomic E-state index is 12.3. The quantitative estimate of drug-likeness (QED) is 0.585. The van der Waals surface area contributed by atoms with Crippen LogP contribution in [0.5, 0.6) is 0 Å². The van der Waals surface area contributed by atoms with Crippen molar-refractivity contribution in [3.05, 3.63) is 46.5 Å². The zero-order valence-corrected chi connectivity index (χ0v) is 13.4. The molecule has 120 valence electrons. The first-order valence-electron chi connectivity index (χ1n) is 7.45. The highest BCUT2D eigenvalue weighted by molar-refractivity contribution is 5.83. The van der Waals surface area contributed by atoms with Gasteiger partial charge in [0.05, 0.1) is 16.7 Å². The molecule has 0 bridgehead atoms. The predicted octanol–water partition coefficient (Wildman–Crippen LogP) is 1.53. The molecular weight excluding hydrogens is 292 g/mol. The van der Waals surface area contributed by atoms with Crippen LogP contribution in [0.2, 0.25) is 0 Å². The third-order valence-corrected chi connectivity index (χ3v) is 3.91. The van der Waals surface area contributed by atoms with Crippen molar-refractivity contribution < 1.29 is 4.79 Å². The van der Waals surface area contributed by atoms with E-state index >= 15 is 0 Å². The summed E-state index contributed by atoms with van der Waals surface area (Å²) < 4.78 is 0. The van der Waals surface area contributed by atoms with Crippen molar-refractivity contribution in [1.29, 1.82) is 0 Å². The molecule has 0 radical (unpaired) electrons. The molecule has 0 fully saturated rings. The topological polar surface area (TPSA) is 112 Å². The minimum absolute atomic E-state index is 0.224. The van der Waals surface area contributed by atoms with E-state index in [0.717, 1.165) is 39.4 Å². The molecule has 3 rings (SSSR count). The minimum atomic E-state index is -0.730. The highest BCUT2D eigenvalue weighted by atomic mass is 16.2. The fourth-order valence-corrected chi connectivity index (χ4v) is 2.74. The van der Waals surface area contributed by atoms with E-state index in [2.05, 4.69) is 25.5 Å². The number of aryl methyl sites for hydroxylation is 3. The first kappa shape index (κ1) is 15.2. The van der Waals surface area contributed by atoms with Gasteiger partial charge in [-0.2, -0.15) is 5.10 Å². The van der Waals surface area contributed by atoms with E-state index in [1.165, 1.54) is 0 Å². The summed E-state index contributed by atoms with van der Waals surface area (Å²) >= 11 is 0. The third-order valence-electron chi connectivity index (χ3n) is 3.91. The second-order valence-electron chi connectivity index (χ2n) is 5.72. The van der Waals surface area contributed by atoms with Gasteiger partial charge in [0.15, 0.2) is 0 Å². The third kappa shape index (κ3) is 2.95. The molecule has 1 amide bonds. The number of aromatic amines is 2. The first-order valence-corrected chi connectivity index (χ1v) is 7.45. The zero-order chi connectivity index (χ0) is 16.6. The number of carbonyl (C=O) groups is 1. The second-order valence-corrected chi connectivity index (χ2v) is 5.72. The highest BCUT2D eigenvalue weighted by Crippen LogP contribution is 2.18. The van der Waals surface area contributed by atoms with Gasteiger partial charge in [0.1, 0.15) is 11.9 Å². The molecule has 1 aromatic carbocycles. The molecule has 0 aliphatic heterocycles. The van der Waals surface area contributed by atoms with Gasteiger partial charge in [-0.15, -0.1) is 0 Å². The van der Waals surface area contributed by atoms with Crippen LogP contribution in [0, 0.1) is 20.8 Å². The summed E-state index contributed by atoms with van der Waals surface area (Å²) in [5, 5.41) is 9.80. The number of aromatic nitrogens is 4. The molecule has 0 saturated carbocycles. The number of imidazole rings is 1. The standard InChI is InChI=1S/C16H20N6O/c1-8-14(9(2)22-21-8)15(17)16(23)18-7-11-4-5-12-13(6-11)20-10(3)19-12/h4-6,15H,7,17H2,1-3H3,(H,18,23)(H,19,20)(H,21,22)/t15-/m0/s1. The van der Waals surface area contributed by atoms with Crippen LogP contribution in [-0.4, -0.2) is 26.1 Å². The average molecular weight is 312 g/mol. The van der Waals surface area contributed by atoms with Gasteiger partial charge in [-0.1, -0.05) is 6.07 Å². The molecule has 7 heteroatoms. The molecule has 2 aromatic heterocycles. The lowest BCUT2D eigenvalue weighted by atomic mass is 10.1. The van der Waals surface area contributed by atoms with Gasteiger partial charge in [0, 0.05) is 17.8 Å². The number of amides is 1. The number of hydrogen-bond acceptors (Lipinski definition) is 4. The number of benzene rings is 1. The molecule has 3 aromatic rings. The fraction of sp³-hybridized carbons (Fsp3) is 0.312. The van der Waals surface area contributed by atoms with Gasteiger partial charge >= 0.3 is 0 Å². The molecule has 2 heterocycles. The molecule has 0 unspecified atom stereocenters. The van der Waals surface area contributed by atoms with Crippen LogP contribution < -0.4 is 11.1 Å². The highest BCUT2D eigenvalue weighted by Gasteiger charge is 2.21. The van der Waals surface area contributed by atoms with E-state index in [1.54, 1.807) is 0 Å². The number of H-pyrrole nitrogens is 2. The molecule has 1 atom stereocenters. The number of nitrogens with one attached hydrogen (secondary N) is 3. The lowest BCUT2D eigenvalue weighted by molar-refractivity contribution is -0.122. The van der Waals surface area contributed by atoms with Gasteiger partial charge < -0.3 is 16.0 Å². The van der Waals surface area contributed by atoms with Crippen LogP contribution in [-0.2, 0) is 11.3 Å². The summed E-state index contributed by atoms with van der Waals surface area (Å²) in [6, 6.07) is 5.13. The second kappa shape index (κ2) is 5.85. The largest absolute Gasteiger partial charge is 0.350 e. The molecule has 0 saturated heterocycles. The minimum Gasteiger partial charge on any atom is -0.350 e. The van der Waals surface area contributed by atoms with Crippen LogP contribution in [0.4, 0.5) is 0 Å². The van der Waals surface area contributed by atoms with Gasteiger partial charge in [-0.05, 0) is 38.5 Å². The normalized spacial score (nSPS) is 12.5. The summed E-state index contributed by atoms with van der Waals surface area (Å²) in [6.07, 6.45) is 0. The number of hydrogen-bond donors (Lipinski definition) is 4. The lowest BCUT2D eigenvalue weighted by Crippen LogP contribution is -2.34. The Morgan fingerprint density at radius 2 is 2.13 bits per heavy atom. The Bertz CT molecular complexity index is 843. The number of rotatable bonds is 4. The maximum atomic E-state index is 12.3. The fourth-order valence-electron chi connectivity index (χ4n) is 2.74. The van der Waals surface area contributed by atoms with Crippen molar-refractivity contribution in [2.45, 2.75) is 33.4 Å². The van der Waals surface area contributed by atoms with E-state index in [1.807, 2.05) is 39.0 Å².